The number of carbonyl (C=O) groups excluding carboxylic acids is 2. The molecule has 0 radical (unpaired) electrons. The number of nitrogens with zero attached hydrogens (tertiary/aromatic N) is 2. The van der Waals surface area contributed by atoms with Gasteiger partial charge in [-0.25, -0.2) is 0 Å². The van der Waals surface area contributed by atoms with Crippen LogP contribution in [0.3, 0.4) is 0 Å². The highest BCUT2D eigenvalue weighted by Gasteiger charge is 2.34. The fourth-order valence-electron chi connectivity index (χ4n) is 3.01. The molecule has 0 saturated carbocycles. The number of amides is 2. The average molecular weight is 364 g/mol. The molecule has 1 aliphatic heterocycles. The van der Waals surface area contributed by atoms with Crippen LogP contribution in [-0.4, -0.2) is 48.9 Å². The molecule has 0 spiro atoms. The molecule has 0 aliphatic carbocycles. The maximum absolute atomic E-state index is 12.4. The van der Waals surface area contributed by atoms with Crippen molar-refractivity contribution in [3.05, 3.63) is 71.3 Å². The molecule has 6 heteroatoms. The first-order valence-electron chi connectivity index (χ1n) is 9.22. The maximum atomic E-state index is 12.4. The van der Waals surface area contributed by atoms with E-state index in [4.69, 9.17) is 0 Å². The van der Waals surface area contributed by atoms with Crippen LogP contribution in [0.5, 0.6) is 0 Å². The van der Waals surface area contributed by atoms with Crippen molar-refractivity contribution in [1.82, 2.24) is 15.5 Å². The highest BCUT2D eigenvalue weighted by atomic mass is 16.2. The summed E-state index contributed by atoms with van der Waals surface area (Å²) in [7, 11) is 0. The highest BCUT2D eigenvalue weighted by Crippen LogP contribution is 2.21. The summed E-state index contributed by atoms with van der Waals surface area (Å²) in [4.78, 5) is 30.6. The number of guanidine groups is 1. The fraction of sp³-hybridized carbons (Fsp3) is 0.286. The predicted molar refractivity (Wildman–Crippen MR) is 106 cm³/mol. The van der Waals surface area contributed by atoms with Gasteiger partial charge in [0.15, 0.2) is 5.96 Å². The van der Waals surface area contributed by atoms with Crippen LogP contribution in [0, 0.1) is 0 Å². The van der Waals surface area contributed by atoms with Gasteiger partial charge in [-0.1, -0.05) is 42.5 Å². The molecule has 1 aliphatic rings. The Hall–Kier alpha value is -3.15. The van der Waals surface area contributed by atoms with Crippen molar-refractivity contribution in [2.75, 3.05) is 26.2 Å². The van der Waals surface area contributed by atoms with Crippen molar-refractivity contribution >= 4 is 17.8 Å². The standard InChI is InChI=1S/C21H24N4O2/c1-2-22-21(23-13-12-16-8-4-3-5-9-16)24-14-15-25-19(26)17-10-6-7-11-18(17)20(25)27/h3-11H,2,12-15H2,1H3,(H2,22,23,24). The summed E-state index contributed by atoms with van der Waals surface area (Å²) in [5, 5.41) is 6.38. The number of hydrogen-bond donors (Lipinski definition) is 2. The Morgan fingerprint density at radius 1 is 0.926 bits per heavy atom. The van der Waals surface area contributed by atoms with Crippen molar-refractivity contribution in [3.63, 3.8) is 0 Å². The largest absolute Gasteiger partial charge is 0.357 e. The predicted octanol–water partition coefficient (Wildman–Crippen LogP) is 2.08. The van der Waals surface area contributed by atoms with Crippen LogP contribution >= 0.6 is 0 Å². The Morgan fingerprint density at radius 3 is 2.19 bits per heavy atom. The van der Waals surface area contributed by atoms with Gasteiger partial charge in [-0.3, -0.25) is 19.5 Å². The number of benzene rings is 2. The van der Waals surface area contributed by atoms with Crippen LogP contribution in [0.1, 0.15) is 33.2 Å². The van der Waals surface area contributed by atoms with Crippen LogP contribution in [0.2, 0.25) is 0 Å². The lowest BCUT2D eigenvalue weighted by atomic mass is 10.1. The quantitative estimate of drug-likeness (QED) is 0.448. The van der Waals surface area contributed by atoms with Gasteiger partial charge in [0.1, 0.15) is 0 Å². The summed E-state index contributed by atoms with van der Waals surface area (Å²) in [5.74, 6) is 0.219. The van der Waals surface area contributed by atoms with Crippen molar-refractivity contribution in [2.24, 2.45) is 4.99 Å². The minimum Gasteiger partial charge on any atom is -0.357 e. The molecule has 0 atom stereocenters. The van der Waals surface area contributed by atoms with Gasteiger partial charge in [0.25, 0.3) is 11.8 Å². The molecule has 0 bridgehead atoms. The minimum absolute atomic E-state index is 0.233. The van der Waals surface area contributed by atoms with Crippen LogP contribution < -0.4 is 10.6 Å². The lowest BCUT2D eigenvalue weighted by Gasteiger charge is -2.16. The number of rotatable bonds is 7. The number of nitrogens with one attached hydrogen (secondary N) is 2. The van der Waals surface area contributed by atoms with Crippen molar-refractivity contribution < 1.29 is 9.59 Å². The third-order valence-electron chi connectivity index (χ3n) is 4.36. The lowest BCUT2D eigenvalue weighted by molar-refractivity contribution is 0.0657. The number of fused-ring (bicyclic) bond motifs is 1. The Bertz CT molecular complexity index is 798. The van der Waals surface area contributed by atoms with Crippen LogP contribution in [0.4, 0.5) is 0 Å². The second-order valence-electron chi connectivity index (χ2n) is 6.23. The maximum Gasteiger partial charge on any atom is 0.261 e. The van der Waals surface area contributed by atoms with E-state index < -0.39 is 0 Å². The zero-order valence-corrected chi connectivity index (χ0v) is 15.4. The summed E-state index contributed by atoms with van der Waals surface area (Å²) in [5.41, 5.74) is 2.19. The Labute approximate surface area is 159 Å². The topological polar surface area (TPSA) is 73.8 Å². The molecule has 2 amide bonds. The fourth-order valence-corrected chi connectivity index (χ4v) is 3.01. The highest BCUT2D eigenvalue weighted by molar-refractivity contribution is 6.21. The van der Waals surface area contributed by atoms with Gasteiger partial charge in [-0.2, -0.15) is 0 Å². The van der Waals surface area contributed by atoms with E-state index in [0.29, 0.717) is 36.7 Å². The SMILES string of the molecule is CCNC(=NCCc1ccccc1)NCCN1C(=O)c2ccccc2C1=O. The lowest BCUT2D eigenvalue weighted by Crippen LogP contribution is -2.43. The summed E-state index contributed by atoms with van der Waals surface area (Å²) in [6.45, 7) is 4.15. The molecule has 0 unspecified atom stereocenters. The minimum atomic E-state index is -0.233. The van der Waals surface area contributed by atoms with Crippen LogP contribution in [0.15, 0.2) is 59.6 Å². The molecular weight excluding hydrogens is 340 g/mol. The molecule has 1 heterocycles. The van der Waals surface area contributed by atoms with Gasteiger partial charge < -0.3 is 10.6 Å². The molecule has 0 aromatic heterocycles. The molecule has 2 N–H and O–H groups in total. The van der Waals surface area contributed by atoms with Gasteiger partial charge in [-0.15, -0.1) is 0 Å². The van der Waals surface area contributed by atoms with Crippen molar-refractivity contribution in [1.29, 1.82) is 0 Å². The van der Waals surface area contributed by atoms with Gasteiger partial charge in [-0.05, 0) is 31.0 Å². The monoisotopic (exact) mass is 364 g/mol. The molecule has 6 nitrogen and oxygen atoms in total. The summed E-state index contributed by atoms with van der Waals surface area (Å²) < 4.78 is 0. The molecule has 0 saturated heterocycles. The number of aliphatic imine (C=N–C) groups is 1. The smallest absolute Gasteiger partial charge is 0.261 e. The van der Waals surface area contributed by atoms with E-state index >= 15 is 0 Å². The second kappa shape index (κ2) is 8.98. The zero-order valence-electron chi connectivity index (χ0n) is 15.4. The van der Waals surface area contributed by atoms with E-state index in [2.05, 4.69) is 27.8 Å². The first kappa shape index (κ1) is 18.6. The first-order valence-corrected chi connectivity index (χ1v) is 9.22. The normalized spacial score (nSPS) is 13.7. The molecule has 140 valence electrons. The summed E-state index contributed by atoms with van der Waals surface area (Å²) >= 11 is 0. The van der Waals surface area contributed by atoms with Crippen LogP contribution in [0.25, 0.3) is 0 Å². The third kappa shape index (κ3) is 4.53. The zero-order chi connectivity index (χ0) is 19.1. The summed E-state index contributed by atoms with van der Waals surface area (Å²) in [6, 6.07) is 17.1. The van der Waals surface area contributed by atoms with Crippen molar-refractivity contribution in [3.8, 4) is 0 Å². The molecular formula is C21H24N4O2. The molecule has 0 fully saturated rings. The Balaban J connectivity index is 1.52. The van der Waals surface area contributed by atoms with E-state index in [1.165, 1.54) is 10.5 Å². The summed E-state index contributed by atoms with van der Waals surface area (Å²) in [6.07, 6.45) is 0.857. The van der Waals surface area contributed by atoms with E-state index in [-0.39, 0.29) is 11.8 Å². The first-order chi connectivity index (χ1) is 13.2. The number of imide groups is 1. The Kier molecular flexibility index (Phi) is 6.20. The second-order valence-corrected chi connectivity index (χ2v) is 6.23. The average Bonchev–Trinajstić information content (AvgIpc) is 2.94. The van der Waals surface area contributed by atoms with E-state index in [1.54, 1.807) is 24.3 Å². The van der Waals surface area contributed by atoms with E-state index in [0.717, 1.165) is 13.0 Å². The van der Waals surface area contributed by atoms with E-state index in [9.17, 15) is 9.59 Å². The van der Waals surface area contributed by atoms with E-state index in [1.807, 2.05) is 25.1 Å². The van der Waals surface area contributed by atoms with Gasteiger partial charge in [0.2, 0.25) is 0 Å². The van der Waals surface area contributed by atoms with Gasteiger partial charge >= 0.3 is 0 Å². The third-order valence-corrected chi connectivity index (χ3v) is 4.36. The number of hydrogen-bond acceptors (Lipinski definition) is 3. The van der Waals surface area contributed by atoms with Crippen LogP contribution in [-0.2, 0) is 6.42 Å². The molecule has 3 rings (SSSR count). The van der Waals surface area contributed by atoms with Gasteiger partial charge in [0.05, 0.1) is 11.1 Å². The molecule has 2 aromatic carbocycles. The Morgan fingerprint density at radius 2 is 1.56 bits per heavy atom. The molecule has 2 aromatic rings. The van der Waals surface area contributed by atoms with Gasteiger partial charge in [0, 0.05) is 26.2 Å². The number of carbonyl (C=O) groups is 2. The molecule has 27 heavy (non-hydrogen) atoms. The van der Waals surface area contributed by atoms with Crippen molar-refractivity contribution in [2.45, 2.75) is 13.3 Å².